The second-order valence-corrected chi connectivity index (χ2v) is 8.90. The van der Waals surface area contributed by atoms with Crippen LogP contribution in [0.3, 0.4) is 0 Å². The number of hydrogen-bond acceptors (Lipinski definition) is 5. The van der Waals surface area contributed by atoms with Gasteiger partial charge in [-0.2, -0.15) is 5.10 Å². The number of hydrazone groups is 1. The molecule has 0 unspecified atom stereocenters. The van der Waals surface area contributed by atoms with Crippen LogP contribution in [-0.2, 0) is 4.79 Å². The zero-order valence-corrected chi connectivity index (χ0v) is 19.8. The van der Waals surface area contributed by atoms with Crippen molar-refractivity contribution in [2.75, 3.05) is 5.75 Å². The highest BCUT2D eigenvalue weighted by Gasteiger charge is 2.14. The van der Waals surface area contributed by atoms with Crippen LogP contribution < -0.4 is 11.0 Å². The van der Waals surface area contributed by atoms with Gasteiger partial charge in [-0.05, 0) is 48.9 Å². The van der Waals surface area contributed by atoms with Gasteiger partial charge >= 0.3 is 0 Å². The van der Waals surface area contributed by atoms with Gasteiger partial charge in [0, 0.05) is 0 Å². The SMILES string of the molecule is Cc1ccc(-n2c(SCC(=O)N/N=C/c3ccc(Cl)c(Cl)c3)nc3ccccc3c2=O)cc1. The summed E-state index contributed by atoms with van der Waals surface area (Å²) >= 11 is 13.0. The number of carbonyl (C=O) groups is 1. The Bertz CT molecular complexity index is 1420. The van der Waals surface area contributed by atoms with E-state index in [2.05, 4.69) is 15.5 Å². The Morgan fingerprint density at radius 3 is 2.61 bits per heavy atom. The normalized spacial score (nSPS) is 11.2. The van der Waals surface area contributed by atoms with Crippen LogP contribution in [0.2, 0.25) is 10.0 Å². The fourth-order valence-corrected chi connectivity index (χ4v) is 4.18. The van der Waals surface area contributed by atoms with Crippen LogP contribution in [0.25, 0.3) is 16.6 Å². The average Bonchev–Trinajstić information content (AvgIpc) is 2.81. The zero-order chi connectivity index (χ0) is 23.4. The van der Waals surface area contributed by atoms with E-state index in [0.717, 1.165) is 17.3 Å². The third-order valence-electron chi connectivity index (χ3n) is 4.72. The first-order valence-electron chi connectivity index (χ1n) is 9.91. The molecule has 1 aromatic heterocycles. The highest BCUT2D eigenvalue weighted by Crippen LogP contribution is 2.22. The van der Waals surface area contributed by atoms with E-state index in [1.807, 2.05) is 37.3 Å². The Morgan fingerprint density at radius 2 is 1.85 bits per heavy atom. The molecule has 1 amide bonds. The number of thioether (sulfide) groups is 1. The van der Waals surface area contributed by atoms with E-state index in [1.165, 1.54) is 10.8 Å². The number of hydrogen-bond donors (Lipinski definition) is 1. The van der Waals surface area contributed by atoms with Gasteiger partial charge in [0.05, 0.1) is 38.6 Å². The molecular formula is C24H18Cl2N4O2S. The van der Waals surface area contributed by atoms with Gasteiger partial charge in [-0.1, -0.05) is 70.9 Å². The lowest BCUT2D eigenvalue weighted by molar-refractivity contribution is -0.118. The van der Waals surface area contributed by atoms with Crippen molar-refractivity contribution in [2.24, 2.45) is 5.10 Å². The molecule has 0 radical (unpaired) electrons. The van der Waals surface area contributed by atoms with Crippen molar-refractivity contribution in [1.82, 2.24) is 15.0 Å². The maximum absolute atomic E-state index is 13.2. The van der Waals surface area contributed by atoms with E-state index in [0.29, 0.717) is 37.4 Å². The molecule has 0 saturated carbocycles. The number of rotatable bonds is 6. The number of para-hydroxylation sites is 1. The van der Waals surface area contributed by atoms with Gasteiger partial charge in [-0.3, -0.25) is 14.2 Å². The summed E-state index contributed by atoms with van der Waals surface area (Å²) in [5.74, 6) is -0.316. The average molecular weight is 497 g/mol. The number of nitrogens with one attached hydrogen (secondary N) is 1. The van der Waals surface area contributed by atoms with Gasteiger partial charge in [0.25, 0.3) is 11.5 Å². The summed E-state index contributed by atoms with van der Waals surface area (Å²) in [6.45, 7) is 1.98. The largest absolute Gasteiger partial charge is 0.272 e. The maximum atomic E-state index is 13.2. The number of aromatic nitrogens is 2. The Morgan fingerprint density at radius 1 is 1.09 bits per heavy atom. The van der Waals surface area contributed by atoms with Crippen molar-refractivity contribution in [3.05, 3.63) is 98.3 Å². The summed E-state index contributed by atoms with van der Waals surface area (Å²) in [6, 6.07) is 19.8. The predicted octanol–water partition coefficient (Wildman–Crippen LogP) is 5.24. The topological polar surface area (TPSA) is 76.3 Å². The van der Waals surface area contributed by atoms with Gasteiger partial charge in [0.15, 0.2) is 5.16 Å². The van der Waals surface area contributed by atoms with Gasteiger partial charge in [0.2, 0.25) is 0 Å². The van der Waals surface area contributed by atoms with Crippen LogP contribution in [0.15, 0.2) is 81.8 Å². The monoisotopic (exact) mass is 496 g/mol. The number of nitrogens with zero attached hydrogens (tertiary/aromatic N) is 3. The molecular weight excluding hydrogens is 479 g/mol. The van der Waals surface area contributed by atoms with Gasteiger partial charge < -0.3 is 0 Å². The molecule has 0 aliphatic carbocycles. The quantitative estimate of drug-likeness (QED) is 0.171. The first kappa shape index (κ1) is 23.0. The molecule has 33 heavy (non-hydrogen) atoms. The Kier molecular flexibility index (Phi) is 7.13. The third kappa shape index (κ3) is 5.45. The summed E-state index contributed by atoms with van der Waals surface area (Å²) in [6.07, 6.45) is 1.47. The number of benzene rings is 3. The van der Waals surface area contributed by atoms with E-state index in [1.54, 1.807) is 36.4 Å². The highest BCUT2D eigenvalue weighted by atomic mass is 35.5. The van der Waals surface area contributed by atoms with Gasteiger partial charge in [0.1, 0.15) is 0 Å². The molecule has 1 heterocycles. The lowest BCUT2D eigenvalue weighted by Crippen LogP contribution is -2.24. The molecule has 4 aromatic rings. The summed E-state index contributed by atoms with van der Waals surface area (Å²) in [5.41, 5.74) is 5.32. The standard InChI is InChI=1S/C24H18Cl2N4O2S/c1-15-6-9-17(10-7-15)30-23(32)18-4-2-3-5-21(18)28-24(30)33-14-22(31)29-27-13-16-8-11-19(25)20(26)12-16/h2-13H,14H2,1H3,(H,29,31)/b27-13+. The van der Waals surface area contributed by atoms with E-state index >= 15 is 0 Å². The smallest absolute Gasteiger partial charge is 0.266 e. The molecule has 0 aliphatic heterocycles. The summed E-state index contributed by atoms with van der Waals surface area (Å²) < 4.78 is 1.53. The van der Waals surface area contributed by atoms with Gasteiger partial charge in [-0.25, -0.2) is 10.4 Å². The van der Waals surface area contributed by atoms with Crippen molar-refractivity contribution in [3.8, 4) is 5.69 Å². The first-order chi connectivity index (χ1) is 15.9. The first-order valence-corrected chi connectivity index (χ1v) is 11.6. The van der Waals surface area contributed by atoms with Crippen molar-refractivity contribution in [2.45, 2.75) is 12.1 Å². The van der Waals surface area contributed by atoms with Crippen LogP contribution in [0.4, 0.5) is 0 Å². The molecule has 1 N–H and O–H groups in total. The van der Waals surface area contributed by atoms with Crippen molar-refractivity contribution in [3.63, 3.8) is 0 Å². The van der Waals surface area contributed by atoms with Crippen LogP contribution >= 0.6 is 35.0 Å². The number of carbonyl (C=O) groups excluding carboxylic acids is 1. The maximum Gasteiger partial charge on any atom is 0.266 e. The van der Waals surface area contributed by atoms with Crippen LogP contribution in [0.1, 0.15) is 11.1 Å². The lowest BCUT2D eigenvalue weighted by Gasteiger charge is -2.13. The molecule has 6 nitrogen and oxygen atoms in total. The summed E-state index contributed by atoms with van der Waals surface area (Å²) in [5, 5.41) is 5.73. The highest BCUT2D eigenvalue weighted by molar-refractivity contribution is 7.99. The predicted molar refractivity (Wildman–Crippen MR) is 135 cm³/mol. The molecule has 4 rings (SSSR count). The minimum atomic E-state index is -0.339. The molecule has 0 aliphatic rings. The molecule has 0 fully saturated rings. The Labute approximate surface area is 204 Å². The van der Waals surface area contributed by atoms with E-state index in [9.17, 15) is 9.59 Å². The fraction of sp³-hybridized carbons (Fsp3) is 0.0833. The molecule has 0 bridgehead atoms. The van der Waals surface area contributed by atoms with Crippen LogP contribution in [0.5, 0.6) is 0 Å². The fourth-order valence-electron chi connectivity index (χ4n) is 3.06. The van der Waals surface area contributed by atoms with Crippen molar-refractivity contribution in [1.29, 1.82) is 0 Å². The Hall–Kier alpha value is -3.13. The Balaban J connectivity index is 1.55. The molecule has 9 heteroatoms. The minimum absolute atomic E-state index is 0.0232. The molecule has 0 atom stereocenters. The van der Waals surface area contributed by atoms with E-state index in [4.69, 9.17) is 23.2 Å². The number of fused-ring (bicyclic) bond motifs is 1. The number of amides is 1. The van der Waals surface area contributed by atoms with E-state index in [-0.39, 0.29) is 17.2 Å². The molecule has 166 valence electrons. The molecule has 0 spiro atoms. The summed E-state index contributed by atoms with van der Waals surface area (Å²) in [7, 11) is 0. The van der Waals surface area contributed by atoms with Gasteiger partial charge in [-0.15, -0.1) is 0 Å². The summed E-state index contributed by atoms with van der Waals surface area (Å²) in [4.78, 5) is 30.2. The van der Waals surface area contributed by atoms with Crippen LogP contribution in [-0.4, -0.2) is 27.4 Å². The minimum Gasteiger partial charge on any atom is -0.272 e. The number of halogens is 2. The number of aryl methyl sites for hydroxylation is 1. The second kappa shape index (κ2) is 10.2. The third-order valence-corrected chi connectivity index (χ3v) is 6.39. The van der Waals surface area contributed by atoms with E-state index < -0.39 is 0 Å². The van der Waals surface area contributed by atoms with Crippen molar-refractivity contribution < 1.29 is 4.79 Å². The van der Waals surface area contributed by atoms with Crippen molar-refractivity contribution >= 4 is 58.0 Å². The molecule has 3 aromatic carbocycles. The lowest BCUT2D eigenvalue weighted by atomic mass is 10.2. The van der Waals surface area contributed by atoms with Crippen LogP contribution in [0, 0.1) is 6.92 Å². The zero-order valence-electron chi connectivity index (χ0n) is 17.5. The molecule has 0 saturated heterocycles. The second-order valence-electron chi connectivity index (χ2n) is 7.14.